The van der Waals surface area contributed by atoms with Crippen LogP contribution in [0, 0.1) is 0 Å². The van der Waals surface area contributed by atoms with Crippen molar-refractivity contribution < 1.29 is 28.5 Å². The van der Waals surface area contributed by atoms with Crippen molar-refractivity contribution in [3.05, 3.63) is 59.2 Å². The number of rotatable bonds is 5. The molecule has 2 aromatic rings. The first-order valence-electron chi connectivity index (χ1n) is 11.9. The van der Waals surface area contributed by atoms with Crippen LogP contribution in [0.25, 0.3) is 0 Å². The van der Waals surface area contributed by atoms with Crippen LogP contribution in [0.3, 0.4) is 0 Å². The molecular formula is C28H30O6. The number of carbonyl (C=O) groups excluding carboxylic acids is 2. The van der Waals surface area contributed by atoms with E-state index in [1.165, 1.54) is 0 Å². The fourth-order valence-electron chi connectivity index (χ4n) is 5.46. The van der Waals surface area contributed by atoms with Gasteiger partial charge >= 0.3 is 5.97 Å². The van der Waals surface area contributed by atoms with Gasteiger partial charge in [0.05, 0.1) is 25.5 Å². The van der Waals surface area contributed by atoms with Crippen molar-refractivity contribution >= 4 is 11.8 Å². The van der Waals surface area contributed by atoms with E-state index in [1.807, 2.05) is 25.1 Å². The third-order valence-electron chi connectivity index (χ3n) is 7.03. The van der Waals surface area contributed by atoms with Crippen molar-refractivity contribution in [2.75, 3.05) is 13.7 Å². The van der Waals surface area contributed by atoms with Crippen LogP contribution in [0.2, 0.25) is 0 Å². The molecule has 3 aliphatic rings. The van der Waals surface area contributed by atoms with Gasteiger partial charge in [-0.25, -0.2) is 0 Å². The number of ketones is 1. The molecule has 6 nitrogen and oxygen atoms in total. The highest BCUT2D eigenvalue weighted by Crippen LogP contribution is 2.53. The monoisotopic (exact) mass is 462 g/mol. The lowest BCUT2D eigenvalue weighted by Crippen LogP contribution is -2.44. The highest BCUT2D eigenvalue weighted by molar-refractivity contribution is 6.01. The topological polar surface area (TPSA) is 71.1 Å². The maximum atomic E-state index is 13.3. The highest BCUT2D eigenvalue weighted by atomic mass is 16.5. The molecule has 2 heterocycles. The van der Waals surface area contributed by atoms with E-state index in [9.17, 15) is 9.59 Å². The van der Waals surface area contributed by atoms with Gasteiger partial charge in [-0.05, 0) is 56.4 Å². The van der Waals surface area contributed by atoms with E-state index in [0.717, 1.165) is 48.8 Å². The van der Waals surface area contributed by atoms with Gasteiger partial charge < -0.3 is 18.9 Å². The predicted octanol–water partition coefficient (Wildman–Crippen LogP) is 5.76. The average Bonchev–Trinajstić information content (AvgIpc) is 2.82. The van der Waals surface area contributed by atoms with Crippen LogP contribution in [0.15, 0.2) is 42.5 Å². The molecule has 1 saturated carbocycles. The molecule has 5 rings (SSSR count). The third kappa shape index (κ3) is 3.95. The lowest BCUT2D eigenvalue weighted by atomic mass is 9.76. The lowest BCUT2D eigenvalue weighted by molar-refractivity contribution is -0.135. The standard InChI is InChI=1S/C28H30O6/c1-17(2)16-32-26-18(8-7-9-23(26)31-3)20-14-24(30)33-22-11-10-19-21(29)15-28(12-5-4-6-13-28)34-27(19)25(20)22/h7-11,20H,1,4-6,12-16H2,2-3H3/t20-/m0/s1. The Bertz CT molecular complexity index is 1160. The number of ether oxygens (including phenoxy) is 4. The number of hydrogen-bond acceptors (Lipinski definition) is 6. The normalized spacial score (nSPS) is 20.6. The van der Waals surface area contributed by atoms with Crippen LogP contribution >= 0.6 is 0 Å². The summed E-state index contributed by atoms with van der Waals surface area (Å²) in [5.41, 5.74) is 2.49. The van der Waals surface area contributed by atoms with E-state index < -0.39 is 11.5 Å². The lowest BCUT2D eigenvalue weighted by Gasteiger charge is -2.42. The maximum Gasteiger partial charge on any atom is 0.312 e. The summed E-state index contributed by atoms with van der Waals surface area (Å²) in [6.07, 6.45) is 5.49. The van der Waals surface area contributed by atoms with Crippen molar-refractivity contribution in [1.29, 1.82) is 0 Å². The molecular weight excluding hydrogens is 432 g/mol. The minimum atomic E-state index is -0.475. The number of Topliss-reactive ketones (excluding diaryl/α,β-unsaturated/α-hetero) is 1. The van der Waals surface area contributed by atoms with Gasteiger partial charge in [0.15, 0.2) is 17.3 Å². The second kappa shape index (κ2) is 8.82. The molecule has 0 unspecified atom stereocenters. The predicted molar refractivity (Wildman–Crippen MR) is 127 cm³/mol. The Kier molecular flexibility index (Phi) is 5.84. The molecule has 0 N–H and O–H groups in total. The van der Waals surface area contributed by atoms with Gasteiger partial charge in [-0.1, -0.05) is 25.1 Å². The Morgan fingerprint density at radius 3 is 2.68 bits per heavy atom. The summed E-state index contributed by atoms with van der Waals surface area (Å²) in [7, 11) is 1.59. The fraction of sp³-hybridized carbons (Fsp3) is 0.429. The molecule has 0 saturated heterocycles. The highest BCUT2D eigenvalue weighted by Gasteiger charge is 2.45. The molecule has 1 fully saturated rings. The van der Waals surface area contributed by atoms with Crippen molar-refractivity contribution in [3.63, 3.8) is 0 Å². The largest absolute Gasteiger partial charge is 0.493 e. The Hall–Kier alpha value is -3.28. The third-order valence-corrected chi connectivity index (χ3v) is 7.03. The van der Waals surface area contributed by atoms with E-state index in [0.29, 0.717) is 41.6 Å². The van der Waals surface area contributed by atoms with E-state index in [4.69, 9.17) is 18.9 Å². The Balaban J connectivity index is 1.66. The summed E-state index contributed by atoms with van der Waals surface area (Å²) in [5, 5.41) is 0. The molecule has 1 spiro atoms. The summed E-state index contributed by atoms with van der Waals surface area (Å²) in [5.74, 6) is 1.49. The molecule has 1 atom stereocenters. The molecule has 0 aromatic heterocycles. The zero-order valence-corrected chi connectivity index (χ0v) is 19.8. The quantitative estimate of drug-likeness (QED) is 0.320. The first kappa shape index (κ1) is 22.5. The summed E-state index contributed by atoms with van der Waals surface area (Å²) < 4.78 is 24.1. The summed E-state index contributed by atoms with van der Waals surface area (Å²) in [4.78, 5) is 25.9. The molecule has 178 valence electrons. The van der Waals surface area contributed by atoms with E-state index in [1.54, 1.807) is 19.2 Å². The number of methoxy groups -OCH3 is 1. The van der Waals surface area contributed by atoms with Crippen molar-refractivity contribution in [1.82, 2.24) is 0 Å². The summed E-state index contributed by atoms with van der Waals surface area (Å²) in [6, 6.07) is 9.09. The fourth-order valence-corrected chi connectivity index (χ4v) is 5.46. The number of fused-ring (bicyclic) bond motifs is 3. The number of hydrogen-bond donors (Lipinski definition) is 0. The first-order chi connectivity index (χ1) is 16.4. The molecule has 6 heteroatoms. The van der Waals surface area contributed by atoms with Crippen LogP contribution in [0.5, 0.6) is 23.0 Å². The average molecular weight is 463 g/mol. The smallest absolute Gasteiger partial charge is 0.312 e. The number of esters is 1. The Morgan fingerprint density at radius 1 is 1.15 bits per heavy atom. The summed E-state index contributed by atoms with van der Waals surface area (Å²) >= 11 is 0. The zero-order valence-electron chi connectivity index (χ0n) is 19.8. The number of benzene rings is 2. The van der Waals surface area contributed by atoms with Crippen molar-refractivity contribution in [2.24, 2.45) is 0 Å². The van der Waals surface area contributed by atoms with E-state index in [2.05, 4.69) is 6.58 Å². The van der Waals surface area contributed by atoms with E-state index in [-0.39, 0.29) is 18.2 Å². The van der Waals surface area contributed by atoms with E-state index >= 15 is 0 Å². The molecule has 0 radical (unpaired) electrons. The molecule has 2 aromatic carbocycles. The first-order valence-corrected chi connectivity index (χ1v) is 11.9. The van der Waals surface area contributed by atoms with Crippen LogP contribution in [0.1, 0.15) is 79.3 Å². The maximum absolute atomic E-state index is 13.3. The number of para-hydroxylation sites is 1. The second-order valence-corrected chi connectivity index (χ2v) is 9.65. The number of carbonyl (C=O) groups is 2. The van der Waals surface area contributed by atoms with Crippen LogP contribution in [0.4, 0.5) is 0 Å². The second-order valence-electron chi connectivity index (χ2n) is 9.65. The van der Waals surface area contributed by atoms with Gasteiger partial charge in [-0.3, -0.25) is 9.59 Å². The van der Waals surface area contributed by atoms with Crippen LogP contribution < -0.4 is 18.9 Å². The molecule has 2 aliphatic heterocycles. The molecule has 0 amide bonds. The van der Waals surface area contributed by atoms with Crippen molar-refractivity contribution in [3.8, 4) is 23.0 Å². The van der Waals surface area contributed by atoms with Crippen LogP contribution in [-0.4, -0.2) is 31.1 Å². The SMILES string of the molecule is C=C(C)COc1c(OC)cccc1[C@@H]1CC(=O)Oc2ccc3c(c21)OC1(CCCCC1)CC3=O. The van der Waals surface area contributed by atoms with Crippen LogP contribution in [-0.2, 0) is 4.79 Å². The molecule has 0 bridgehead atoms. The van der Waals surface area contributed by atoms with Gasteiger partial charge in [-0.2, -0.15) is 0 Å². The summed E-state index contributed by atoms with van der Waals surface area (Å²) in [6.45, 7) is 6.15. The van der Waals surface area contributed by atoms with Gasteiger partial charge in [0.2, 0.25) is 0 Å². The molecule has 34 heavy (non-hydrogen) atoms. The minimum Gasteiger partial charge on any atom is -0.493 e. The Labute approximate surface area is 199 Å². The van der Waals surface area contributed by atoms with Gasteiger partial charge in [-0.15, -0.1) is 0 Å². The van der Waals surface area contributed by atoms with Gasteiger partial charge in [0.25, 0.3) is 0 Å². The minimum absolute atomic E-state index is 0.0889. The molecule has 1 aliphatic carbocycles. The van der Waals surface area contributed by atoms with Gasteiger partial charge in [0, 0.05) is 17.0 Å². The van der Waals surface area contributed by atoms with Crippen molar-refractivity contribution in [2.45, 2.75) is 63.4 Å². The zero-order chi connectivity index (χ0) is 23.9. The Morgan fingerprint density at radius 2 is 1.94 bits per heavy atom. The van der Waals surface area contributed by atoms with Gasteiger partial charge in [0.1, 0.15) is 23.7 Å².